The van der Waals surface area contributed by atoms with E-state index in [1.807, 2.05) is 0 Å². The number of hydrogen-bond acceptors (Lipinski definition) is 3. The lowest BCUT2D eigenvalue weighted by Gasteiger charge is -2.15. The van der Waals surface area contributed by atoms with Crippen molar-refractivity contribution in [1.82, 2.24) is 5.32 Å². The normalized spacial score (nSPS) is 14.6. The molecule has 0 saturated carbocycles. The molecule has 0 aromatic rings. The number of sulfone groups is 1. The Morgan fingerprint density at radius 2 is 1.79 bits per heavy atom. The van der Waals surface area contributed by atoms with Crippen LogP contribution in [0.3, 0.4) is 0 Å². The SMILES string of the molecule is CC(C)C(C)CNCCCS(C)(=O)=O. The minimum Gasteiger partial charge on any atom is -0.316 e. The van der Waals surface area contributed by atoms with Gasteiger partial charge in [-0.2, -0.15) is 0 Å². The first-order valence-electron chi connectivity index (χ1n) is 5.21. The minimum absolute atomic E-state index is 0.288. The van der Waals surface area contributed by atoms with Crippen molar-refractivity contribution in [2.45, 2.75) is 27.2 Å². The molecule has 1 N–H and O–H groups in total. The summed E-state index contributed by atoms with van der Waals surface area (Å²) < 4.78 is 21.6. The summed E-state index contributed by atoms with van der Waals surface area (Å²) in [5.41, 5.74) is 0. The molecule has 0 aliphatic carbocycles. The van der Waals surface area contributed by atoms with Crippen molar-refractivity contribution in [1.29, 1.82) is 0 Å². The molecule has 14 heavy (non-hydrogen) atoms. The monoisotopic (exact) mass is 221 g/mol. The van der Waals surface area contributed by atoms with Crippen molar-refractivity contribution in [2.24, 2.45) is 11.8 Å². The average Bonchev–Trinajstić information content (AvgIpc) is 2.01. The van der Waals surface area contributed by atoms with Gasteiger partial charge in [-0.25, -0.2) is 8.42 Å². The summed E-state index contributed by atoms with van der Waals surface area (Å²) in [5, 5.41) is 3.27. The van der Waals surface area contributed by atoms with Crippen molar-refractivity contribution in [3.8, 4) is 0 Å². The van der Waals surface area contributed by atoms with E-state index in [0.29, 0.717) is 18.3 Å². The van der Waals surface area contributed by atoms with Crippen LogP contribution in [0.25, 0.3) is 0 Å². The second kappa shape index (κ2) is 6.40. The van der Waals surface area contributed by atoms with Gasteiger partial charge in [-0.1, -0.05) is 20.8 Å². The van der Waals surface area contributed by atoms with E-state index in [0.717, 1.165) is 13.1 Å². The van der Waals surface area contributed by atoms with E-state index in [4.69, 9.17) is 0 Å². The molecule has 0 heterocycles. The zero-order chi connectivity index (χ0) is 11.2. The smallest absolute Gasteiger partial charge is 0.147 e. The highest BCUT2D eigenvalue weighted by Crippen LogP contribution is 2.07. The second-order valence-corrected chi connectivity index (χ2v) is 6.67. The molecule has 0 rings (SSSR count). The molecule has 0 spiro atoms. The van der Waals surface area contributed by atoms with Crippen LogP contribution in [0.4, 0.5) is 0 Å². The Hall–Kier alpha value is -0.0900. The first-order chi connectivity index (χ1) is 6.33. The summed E-state index contributed by atoms with van der Waals surface area (Å²) in [6.07, 6.45) is 1.99. The maximum atomic E-state index is 10.8. The highest BCUT2D eigenvalue weighted by molar-refractivity contribution is 7.90. The molecule has 1 unspecified atom stereocenters. The molecule has 0 amide bonds. The topological polar surface area (TPSA) is 46.2 Å². The second-order valence-electron chi connectivity index (χ2n) is 4.41. The van der Waals surface area contributed by atoms with E-state index in [9.17, 15) is 8.42 Å². The Balaban J connectivity index is 3.39. The fraction of sp³-hybridized carbons (Fsp3) is 1.00. The average molecular weight is 221 g/mol. The van der Waals surface area contributed by atoms with Crippen LogP contribution in [0.2, 0.25) is 0 Å². The Morgan fingerprint density at radius 3 is 2.21 bits per heavy atom. The molecule has 0 aromatic heterocycles. The highest BCUT2D eigenvalue weighted by Gasteiger charge is 2.06. The molecule has 0 saturated heterocycles. The van der Waals surface area contributed by atoms with E-state index in [2.05, 4.69) is 26.1 Å². The van der Waals surface area contributed by atoms with Gasteiger partial charge in [0, 0.05) is 6.26 Å². The van der Waals surface area contributed by atoms with E-state index in [1.165, 1.54) is 6.26 Å². The molecule has 0 radical (unpaired) electrons. The van der Waals surface area contributed by atoms with Gasteiger partial charge >= 0.3 is 0 Å². The lowest BCUT2D eigenvalue weighted by Crippen LogP contribution is -2.26. The number of hydrogen-bond donors (Lipinski definition) is 1. The molecular formula is C10H23NO2S. The van der Waals surface area contributed by atoms with E-state index < -0.39 is 9.84 Å². The van der Waals surface area contributed by atoms with Gasteiger partial charge in [0.2, 0.25) is 0 Å². The first kappa shape index (κ1) is 13.9. The molecule has 0 aliphatic rings. The Labute approximate surface area is 88.2 Å². The van der Waals surface area contributed by atoms with Gasteiger partial charge in [0.25, 0.3) is 0 Å². The Bertz CT molecular complexity index is 235. The van der Waals surface area contributed by atoms with E-state index in [-0.39, 0.29) is 5.75 Å². The van der Waals surface area contributed by atoms with Crippen molar-refractivity contribution in [3.63, 3.8) is 0 Å². The molecule has 4 heteroatoms. The number of rotatable bonds is 7. The standard InChI is InChI=1S/C10H23NO2S/c1-9(2)10(3)8-11-6-5-7-14(4,12)13/h9-11H,5-8H2,1-4H3. The molecule has 0 bridgehead atoms. The summed E-state index contributed by atoms with van der Waals surface area (Å²) >= 11 is 0. The molecular weight excluding hydrogens is 198 g/mol. The highest BCUT2D eigenvalue weighted by atomic mass is 32.2. The van der Waals surface area contributed by atoms with Gasteiger partial charge in [0.05, 0.1) is 5.75 Å². The molecule has 86 valence electrons. The first-order valence-corrected chi connectivity index (χ1v) is 7.27. The zero-order valence-corrected chi connectivity index (χ0v) is 10.5. The lowest BCUT2D eigenvalue weighted by atomic mass is 9.98. The van der Waals surface area contributed by atoms with Gasteiger partial charge in [-0.3, -0.25) is 0 Å². The summed E-state index contributed by atoms with van der Waals surface area (Å²) in [7, 11) is -2.78. The predicted octanol–water partition coefficient (Wildman–Crippen LogP) is 1.30. The summed E-state index contributed by atoms with van der Waals surface area (Å²) in [6, 6.07) is 0. The fourth-order valence-electron chi connectivity index (χ4n) is 1.02. The Morgan fingerprint density at radius 1 is 1.21 bits per heavy atom. The van der Waals surface area contributed by atoms with Crippen LogP contribution in [0.5, 0.6) is 0 Å². The quantitative estimate of drug-likeness (QED) is 0.659. The summed E-state index contributed by atoms with van der Waals surface area (Å²) in [6.45, 7) is 8.37. The maximum absolute atomic E-state index is 10.8. The lowest BCUT2D eigenvalue weighted by molar-refractivity contribution is 0.393. The zero-order valence-electron chi connectivity index (χ0n) is 9.71. The van der Waals surface area contributed by atoms with Crippen LogP contribution in [0, 0.1) is 11.8 Å². The van der Waals surface area contributed by atoms with Gasteiger partial charge in [-0.05, 0) is 31.3 Å². The molecule has 0 aromatic carbocycles. The van der Waals surface area contributed by atoms with Crippen LogP contribution in [0.15, 0.2) is 0 Å². The molecule has 3 nitrogen and oxygen atoms in total. The van der Waals surface area contributed by atoms with Gasteiger partial charge in [0.15, 0.2) is 0 Å². The number of nitrogens with one attached hydrogen (secondary N) is 1. The van der Waals surface area contributed by atoms with Gasteiger partial charge in [0.1, 0.15) is 9.84 Å². The van der Waals surface area contributed by atoms with Crippen LogP contribution >= 0.6 is 0 Å². The third-order valence-electron chi connectivity index (χ3n) is 2.47. The van der Waals surface area contributed by atoms with Crippen molar-refractivity contribution in [3.05, 3.63) is 0 Å². The van der Waals surface area contributed by atoms with Crippen molar-refractivity contribution < 1.29 is 8.42 Å². The van der Waals surface area contributed by atoms with Gasteiger partial charge < -0.3 is 5.32 Å². The van der Waals surface area contributed by atoms with Crippen molar-refractivity contribution in [2.75, 3.05) is 25.1 Å². The largest absolute Gasteiger partial charge is 0.316 e. The molecule has 1 atom stereocenters. The summed E-state index contributed by atoms with van der Waals surface area (Å²) in [5.74, 6) is 1.61. The van der Waals surface area contributed by atoms with Crippen LogP contribution in [-0.2, 0) is 9.84 Å². The van der Waals surface area contributed by atoms with Crippen molar-refractivity contribution >= 4 is 9.84 Å². The van der Waals surface area contributed by atoms with Crippen LogP contribution in [0.1, 0.15) is 27.2 Å². The van der Waals surface area contributed by atoms with Gasteiger partial charge in [-0.15, -0.1) is 0 Å². The van der Waals surface area contributed by atoms with Crippen LogP contribution < -0.4 is 5.32 Å². The van der Waals surface area contributed by atoms with E-state index in [1.54, 1.807) is 0 Å². The minimum atomic E-state index is -2.78. The Kier molecular flexibility index (Phi) is 6.36. The predicted molar refractivity (Wildman–Crippen MR) is 61.2 cm³/mol. The molecule has 0 aliphatic heterocycles. The maximum Gasteiger partial charge on any atom is 0.147 e. The molecule has 0 fully saturated rings. The third kappa shape index (κ3) is 8.51. The summed E-state index contributed by atoms with van der Waals surface area (Å²) in [4.78, 5) is 0. The third-order valence-corrected chi connectivity index (χ3v) is 3.50. The van der Waals surface area contributed by atoms with E-state index >= 15 is 0 Å². The van der Waals surface area contributed by atoms with Crippen LogP contribution in [-0.4, -0.2) is 33.5 Å². The fourth-order valence-corrected chi connectivity index (χ4v) is 1.69.